The monoisotopic (exact) mass is 331 g/mol. The van der Waals surface area contributed by atoms with Crippen molar-refractivity contribution in [2.45, 2.75) is 44.8 Å². The van der Waals surface area contributed by atoms with Gasteiger partial charge in [0, 0.05) is 6.54 Å². The van der Waals surface area contributed by atoms with Gasteiger partial charge in [0.25, 0.3) is 0 Å². The third kappa shape index (κ3) is 3.20. The molecular formula is C17H21N3O4. The molecule has 0 spiro atoms. The van der Waals surface area contributed by atoms with Crippen LogP contribution in [-0.2, 0) is 9.59 Å². The van der Waals surface area contributed by atoms with Crippen LogP contribution < -0.4 is 15.4 Å². The maximum absolute atomic E-state index is 12.3. The SMILES string of the molecule is CC[C@@H]1NC(=O)[C@@H]2C[C@H](NC(=O)Oc3ccc(C)cc3)CN2C1=O. The highest BCUT2D eigenvalue weighted by molar-refractivity contribution is 5.97. The Morgan fingerprint density at radius 3 is 2.71 bits per heavy atom. The van der Waals surface area contributed by atoms with E-state index in [1.807, 2.05) is 26.0 Å². The molecule has 7 nitrogen and oxygen atoms in total. The Kier molecular flexibility index (Phi) is 4.42. The lowest BCUT2D eigenvalue weighted by atomic mass is 10.1. The molecule has 0 radical (unpaired) electrons. The van der Waals surface area contributed by atoms with Crippen LogP contribution in [0.2, 0.25) is 0 Å². The van der Waals surface area contributed by atoms with E-state index in [-0.39, 0.29) is 17.9 Å². The summed E-state index contributed by atoms with van der Waals surface area (Å²) >= 11 is 0. The minimum atomic E-state index is -0.580. The van der Waals surface area contributed by atoms with Crippen molar-refractivity contribution in [3.63, 3.8) is 0 Å². The van der Waals surface area contributed by atoms with Crippen molar-refractivity contribution in [1.82, 2.24) is 15.5 Å². The average molecular weight is 331 g/mol. The van der Waals surface area contributed by atoms with Gasteiger partial charge in [-0.3, -0.25) is 9.59 Å². The molecule has 128 valence electrons. The molecule has 0 bridgehead atoms. The summed E-state index contributed by atoms with van der Waals surface area (Å²) in [5.41, 5.74) is 1.07. The topological polar surface area (TPSA) is 87.7 Å². The second-order valence-corrected chi connectivity index (χ2v) is 6.26. The maximum Gasteiger partial charge on any atom is 0.412 e. The second kappa shape index (κ2) is 6.51. The Balaban J connectivity index is 1.59. The summed E-state index contributed by atoms with van der Waals surface area (Å²) in [6.45, 7) is 4.13. The number of hydrogen-bond acceptors (Lipinski definition) is 4. The van der Waals surface area contributed by atoms with Gasteiger partial charge in [0.05, 0.1) is 6.04 Å². The van der Waals surface area contributed by atoms with Crippen LogP contribution in [0.25, 0.3) is 0 Å². The standard InChI is InChI=1S/C17H21N3O4/c1-3-13-16(22)20-9-11(8-14(20)15(21)19-13)18-17(23)24-12-6-4-10(2)5-7-12/h4-7,11,13-14H,3,8-9H2,1-2H3,(H,18,23)(H,19,21)/t11-,13-,14-/m0/s1. The van der Waals surface area contributed by atoms with E-state index in [9.17, 15) is 14.4 Å². The molecule has 24 heavy (non-hydrogen) atoms. The molecule has 3 amide bonds. The van der Waals surface area contributed by atoms with E-state index < -0.39 is 18.2 Å². The largest absolute Gasteiger partial charge is 0.412 e. The van der Waals surface area contributed by atoms with E-state index in [1.165, 1.54) is 0 Å². The minimum absolute atomic E-state index is 0.0849. The van der Waals surface area contributed by atoms with Gasteiger partial charge in [0.15, 0.2) is 0 Å². The first kappa shape index (κ1) is 16.3. The molecule has 2 heterocycles. The number of ether oxygens (including phenoxy) is 1. The summed E-state index contributed by atoms with van der Waals surface area (Å²) in [4.78, 5) is 38.0. The van der Waals surface area contributed by atoms with Crippen molar-refractivity contribution in [3.8, 4) is 5.75 Å². The zero-order valence-corrected chi connectivity index (χ0v) is 13.7. The zero-order valence-electron chi connectivity index (χ0n) is 13.7. The molecule has 3 rings (SSSR count). The number of piperazine rings is 1. The molecule has 0 saturated carbocycles. The van der Waals surface area contributed by atoms with Gasteiger partial charge in [0.1, 0.15) is 17.8 Å². The van der Waals surface area contributed by atoms with Crippen LogP contribution in [0.1, 0.15) is 25.3 Å². The van der Waals surface area contributed by atoms with Crippen molar-refractivity contribution in [3.05, 3.63) is 29.8 Å². The van der Waals surface area contributed by atoms with Gasteiger partial charge in [-0.1, -0.05) is 24.6 Å². The summed E-state index contributed by atoms with van der Waals surface area (Å²) in [6, 6.07) is 5.87. The quantitative estimate of drug-likeness (QED) is 0.864. The zero-order chi connectivity index (χ0) is 17.3. The number of hydrogen-bond donors (Lipinski definition) is 2. The molecule has 0 aromatic heterocycles. The number of aryl methyl sites for hydroxylation is 1. The maximum atomic E-state index is 12.3. The molecule has 2 saturated heterocycles. The lowest BCUT2D eigenvalue weighted by molar-refractivity contribution is -0.147. The van der Waals surface area contributed by atoms with Crippen LogP contribution in [-0.4, -0.2) is 47.5 Å². The molecule has 3 atom stereocenters. The van der Waals surface area contributed by atoms with Crippen LogP contribution in [0.5, 0.6) is 5.75 Å². The van der Waals surface area contributed by atoms with Crippen molar-refractivity contribution in [2.24, 2.45) is 0 Å². The number of nitrogens with one attached hydrogen (secondary N) is 2. The normalized spacial score (nSPS) is 25.9. The number of fused-ring (bicyclic) bond motifs is 1. The number of benzene rings is 1. The first-order chi connectivity index (χ1) is 11.5. The van der Waals surface area contributed by atoms with Gasteiger partial charge in [-0.15, -0.1) is 0 Å². The van der Waals surface area contributed by atoms with Gasteiger partial charge in [-0.2, -0.15) is 0 Å². The molecule has 1 aromatic rings. The fraction of sp³-hybridized carbons (Fsp3) is 0.471. The van der Waals surface area contributed by atoms with Gasteiger partial charge >= 0.3 is 6.09 Å². The highest BCUT2D eigenvalue weighted by atomic mass is 16.6. The Bertz CT molecular complexity index is 658. The van der Waals surface area contributed by atoms with E-state index in [2.05, 4.69) is 10.6 Å². The molecular weight excluding hydrogens is 310 g/mol. The highest BCUT2D eigenvalue weighted by Crippen LogP contribution is 2.23. The van der Waals surface area contributed by atoms with Crippen LogP contribution in [0.3, 0.4) is 0 Å². The highest BCUT2D eigenvalue weighted by Gasteiger charge is 2.46. The predicted molar refractivity (Wildman–Crippen MR) is 86.5 cm³/mol. The summed E-state index contributed by atoms with van der Waals surface area (Å²) in [5, 5.41) is 5.47. The Morgan fingerprint density at radius 2 is 2.04 bits per heavy atom. The molecule has 2 aliphatic heterocycles. The number of carbonyl (C=O) groups excluding carboxylic acids is 3. The second-order valence-electron chi connectivity index (χ2n) is 6.26. The Labute approximate surface area is 140 Å². The third-order valence-electron chi connectivity index (χ3n) is 4.46. The lowest BCUT2D eigenvalue weighted by Gasteiger charge is -2.33. The van der Waals surface area contributed by atoms with E-state index in [4.69, 9.17) is 4.74 Å². The van der Waals surface area contributed by atoms with E-state index in [0.717, 1.165) is 5.56 Å². The molecule has 2 aliphatic rings. The van der Waals surface area contributed by atoms with E-state index in [0.29, 0.717) is 25.1 Å². The van der Waals surface area contributed by atoms with Gasteiger partial charge in [-0.25, -0.2) is 4.79 Å². The van der Waals surface area contributed by atoms with Crippen LogP contribution in [0.15, 0.2) is 24.3 Å². The third-order valence-corrected chi connectivity index (χ3v) is 4.46. The van der Waals surface area contributed by atoms with Gasteiger partial charge in [0.2, 0.25) is 11.8 Å². The van der Waals surface area contributed by atoms with Crippen molar-refractivity contribution < 1.29 is 19.1 Å². The summed E-state index contributed by atoms with van der Waals surface area (Å²) in [6.07, 6.45) is 0.377. The predicted octanol–water partition coefficient (Wildman–Crippen LogP) is 0.961. The lowest BCUT2D eigenvalue weighted by Crippen LogP contribution is -2.60. The Hall–Kier alpha value is -2.57. The molecule has 2 N–H and O–H groups in total. The molecule has 0 aliphatic carbocycles. The summed E-state index contributed by atoms with van der Waals surface area (Å²) < 4.78 is 5.23. The fourth-order valence-electron chi connectivity index (χ4n) is 3.15. The summed E-state index contributed by atoms with van der Waals surface area (Å²) in [5.74, 6) is 0.213. The van der Waals surface area contributed by atoms with Gasteiger partial charge in [-0.05, 0) is 31.9 Å². The molecule has 1 aromatic carbocycles. The first-order valence-electron chi connectivity index (χ1n) is 8.13. The van der Waals surface area contributed by atoms with Crippen LogP contribution >= 0.6 is 0 Å². The average Bonchev–Trinajstić information content (AvgIpc) is 2.97. The van der Waals surface area contributed by atoms with Crippen molar-refractivity contribution in [1.29, 1.82) is 0 Å². The number of carbonyl (C=O) groups is 3. The van der Waals surface area contributed by atoms with Gasteiger partial charge < -0.3 is 20.3 Å². The smallest absolute Gasteiger partial charge is 0.410 e. The Morgan fingerprint density at radius 1 is 1.33 bits per heavy atom. The van der Waals surface area contributed by atoms with Crippen LogP contribution in [0, 0.1) is 6.92 Å². The summed E-state index contributed by atoms with van der Waals surface area (Å²) in [7, 11) is 0. The van der Waals surface area contributed by atoms with E-state index in [1.54, 1.807) is 17.0 Å². The number of nitrogens with zero attached hydrogens (tertiary/aromatic N) is 1. The number of rotatable bonds is 3. The molecule has 0 unspecified atom stereocenters. The first-order valence-corrected chi connectivity index (χ1v) is 8.13. The number of amides is 3. The molecule has 2 fully saturated rings. The minimum Gasteiger partial charge on any atom is -0.410 e. The fourth-order valence-corrected chi connectivity index (χ4v) is 3.15. The van der Waals surface area contributed by atoms with Crippen LogP contribution in [0.4, 0.5) is 4.79 Å². The van der Waals surface area contributed by atoms with Crippen molar-refractivity contribution in [2.75, 3.05) is 6.54 Å². The van der Waals surface area contributed by atoms with Crippen molar-refractivity contribution >= 4 is 17.9 Å². The molecule has 7 heteroatoms. The van der Waals surface area contributed by atoms with E-state index >= 15 is 0 Å².